The number of nitrogens with zero attached hydrogens (tertiary/aromatic N) is 2. The SMILES string of the molecule is CC(=O)N1[C@H](C(=O)OCc2ccccc2[N+](=O)[O-])CS[C@H]1c1ccco1. The summed E-state index contributed by atoms with van der Waals surface area (Å²) in [7, 11) is 0. The van der Waals surface area contributed by atoms with Gasteiger partial charge in [0.1, 0.15) is 23.8 Å². The average Bonchev–Trinajstić information content (AvgIpc) is 3.28. The van der Waals surface area contributed by atoms with Crippen LogP contribution in [0.5, 0.6) is 0 Å². The van der Waals surface area contributed by atoms with E-state index >= 15 is 0 Å². The molecule has 3 rings (SSSR count). The average molecular weight is 376 g/mol. The molecule has 1 aliphatic rings. The summed E-state index contributed by atoms with van der Waals surface area (Å²) in [5.41, 5.74) is 0.187. The third-order valence-electron chi connectivity index (χ3n) is 3.98. The highest BCUT2D eigenvalue weighted by atomic mass is 32.2. The second kappa shape index (κ2) is 7.61. The number of esters is 1. The number of rotatable bonds is 5. The van der Waals surface area contributed by atoms with Crippen molar-refractivity contribution < 1.29 is 23.7 Å². The number of thioether (sulfide) groups is 1. The van der Waals surface area contributed by atoms with Crippen LogP contribution in [0.25, 0.3) is 0 Å². The zero-order chi connectivity index (χ0) is 18.7. The zero-order valence-electron chi connectivity index (χ0n) is 13.9. The Balaban J connectivity index is 1.72. The van der Waals surface area contributed by atoms with Crippen molar-refractivity contribution in [1.82, 2.24) is 4.90 Å². The fraction of sp³-hybridized carbons (Fsp3) is 0.294. The molecule has 1 aromatic carbocycles. The molecule has 9 heteroatoms. The molecule has 2 atom stereocenters. The fourth-order valence-electron chi connectivity index (χ4n) is 2.78. The summed E-state index contributed by atoms with van der Waals surface area (Å²) < 4.78 is 10.6. The summed E-state index contributed by atoms with van der Waals surface area (Å²) in [6.07, 6.45) is 1.51. The number of hydrogen-bond acceptors (Lipinski definition) is 7. The number of carbonyl (C=O) groups is 2. The Morgan fingerprint density at radius 1 is 1.35 bits per heavy atom. The van der Waals surface area contributed by atoms with E-state index in [2.05, 4.69) is 0 Å². The van der Waals surface area contributed by atoms with Crippen molar-refractivity contribution in [3.8, 4) is 0 Å². The molecule has 26 heavy (non-hydrogen) atoms. The molecule has 0 bridgehead atoms. The molecule has 1 aliphatic heterocycles. The molecule has 136 valence electrons. The monoisotopic (exact) mass is 376 g/mol. The second-order valence-corrected chi connectivity index (χ2v) is 6.75. The van der Waals surface area contributed by atoms with Crippen molar-refractivity contribution in [2.24, 2.45) is 0 Å². The maximum absolute atomic E-state index is 12.5. The van der Waals surface area contributed by atoms with Crippen LogP contribution in [-0.4, -0.2) is 33.5 Å². The van der Waals surface area contributed by atoms with E-state index in [-0.39, 0.29) is 18.2 Å². The maximum Gasteiger partial charge on any atom is 0.330 e. The molecule has 1 aromatic heterocycles. The molecule has 0 saturated carbocycles. The van der Waals surface area contributed by atoms with E-state index in [0.717, 1.165) is 0 Å². The predicted octanol–water partition coefficient (Wildman–Crippen LogP) is 2.89. The highest BCUT2D eigenvalue weighted by Crippen LogP contribution is 2.41. The van der Waals surface area contributed by atoms with Gasteiger partial charge in [0.15, 0.2) is 0 Å². The molecule has 8 nitrogen and oxygen atoms in total. The third kappa shape index (κ3) is 3.57. The Morgan fingerprint density at radius 2 is 2.12 bits per heavy atom. The van der Waals surface area contributed by atoms with E-state index in [9.17, 15) is 19.7 Å². The van der Waals surface area contributed by atoms with Crippen LogP contribution in [0.3, 0.4) is 0 Å². The summed E-state index contributed by atoms with van der Waals surface area (Å²) in [6.45, 7) is 1.15. The van der Waals surface area contributed by atoms with Gasteiger partial charge in [-0.15, -0.1) is 11.8 Å². The summed E-state index contributed by atoms with van der Waals surface area (Å²) >= 11 is 1.40. The zero-order valence-corrected chi connectivity index (χ0v) is 14.7. The Kier molecular flexibility index (Phi) is 5.27. The van der Waals surface area contributed by atoms with Crippen LogP contribution in [0.15, 0.2) is 47.1 Å². The molecule has 0 aliphatic carbocycles. The number of nitro groups is 1. The van der Waals surface area contributed by atoms with Crippen LogP contribution < -0.4 is 0 Å². The summed E-state index contributed by atoms with van der Waals surface area (Å²) in [4.78, 5) is 36.5. The van der Waals surface area contributed by atoms with Crippen LogP contribution >= 0.6 is 11.8 Å². The molecule has 0 N–H and O–H groups in total. The van der Waals surface area contributed by atoms with Crippen LogP contribution in [-0.2, 0) is 20.9 Å². The second-order valence-electron chi connectivity index (χ2n) is 5.64. The van der Waals surface area contributed by atoms with E-state index in [1.54, 1.807) is 24.3 Å². The Morgan fingerprint density at radius 3 is 2.77 bits per heavy atom. The van der Waals surface area contributed by atoms with Crippen molar-refractivity contribution in [3.05, 3.63) is 64.1 Å². The molecule has 2 heterocycles. The van der Waals surface area contributed by atoms with Gasteiger partial charge in [-0.1, -0.05) is 12.1 Å². The minimum absolute atomic E-state index is 0.113. The molecule has 0 spiro atoms. The minimum atomic E-state index is -0.768. The number of nitro benzene ring substituents is 1. The first-order valence-corrected chi connectivity index (χ1v) is 8.86. The van der Waals surface area contributed by atoms with Crippen LogP contribution in [0.2, 0.25) is 0 Å². The van der Waals surface area contributed by atoms with Gasteiger partial charge in [-0.25, -0.2) is 4.79 Å². The Bertz CT molecular complexity index is 822. The lowest BCUT2D eigenvalue weighted by Gasteiger charge is -2.25. The van der Waals surface area contributed by atoms with Crippen LogP contribution in [0.1, 0.15) is 23.6 Å². The lowest BCUT2D eigenvalue weighted by atomic mass is 10.2. The van der Waals surface area contributed by atoms with Gasteiger partial charge in [-0.2, -0.15) is 0 Å². The molecule has 1 amide bonds. The van der Waals surface area contributed by atoms with E-state index < -0.39 is 22.3 Å². The van der Waals surface area contributed by atoms with Gasteiger partial charge in [0.05, 0.1) is 16.7 Å². The number of carbonyl (C=O) groups excluding carboxylic acids is 2. The molecule has 2 aromatic rings. The number of ether oxygens (including phenoxy) is 1. The molecular weight excluding hydrogens is 360 g/mol. The highest BCUT2D eigenvalue weighted by molar-refractivity contribution is 7.99. The van der Waals surface area contributed by atoms with E-state index in [1.807, 2.05) is 0 Å². The van der Waals surface area contributed by atoms with Gasteiger partial charge in [0.2, 0.25) is 5.91 Å². The topological polar surface area (TPSA) is 103 Å². The van der Waals surface area contributed by atoms with Crippen LogP contribution in [0.4, 0.5) is 5.69 Å². The molecule has 1 saturated heterocycles. The Hall–Kier alpha value is -2.81. The van der Waals surface area contributed by atoms with Gasteiger partial charge in [-0.05, 0) is 18.2 Å². The van der Waals surface area contributed by atoms with E-state index in [0.29, 0.717) is 17.1 Å². The molecule has 0 radical (unpaired) electrons. The first-order chi connectivity index (χ1) is 12.5. The normalized spacial score (nSPS) is 19.3. The minimum Gasteiger partial charge on any atom is -0.466 e. The number of furan rings is 1. The first kappa shape index (κ1) is 18.0. The van der Waals surface area contributed by atoms with Crippen molar-refractivity contribution in [2.75, 3.05) is 5.75 Å². The lowest BCUT2D eigenvalue weighted by molar-refractivity contribution is -0.385. The predicted molar refractivity (Wildman–Crippen MR) is 93.1 cm³/mol. The van der Waals surface area contributed by atoms with Crippen molar-refractivity contribution >= 4 is 29.3 Å². The quantitative estimate of drug-likeness (QED) is 0.449. The van der Waals surface area contributed by atoms with Gasteiger partial charge in [-0.3, -0.25) is 14.9 Å². The summed E-state index contributed by atoms with van der Waals surface area (Å²) in [5, 5.41) is 10.6. The molecular formula is C17H16N2O6S. The largest absolute Gasteiger partial charge is 0.466 e. The van der Waals surface area contributed by atoms with E-state index in [1.165, 1.54) is 42.0 Å². The standard InChI is InChI=1S/C17H16N2O6S/c1-11(20)18-14(10-26-16(18)15-7-4-8-24-15)17(21)25-9-12-5-2-3-6-13(12)19(22)23/h2-8,14,16H,9-10H2,1H3/t14-,16-/m0/s1. The van der Waals surface area contributed by atoms with Crippen molar-refractivity contribution in [2.45, 2.75) is 24.9 Å². The van der Waals surface area contributed by atoms with E-state index in [4.69, 9.17) is 9.15 Å². The summed E-state index contributed by atoms with van der Waals surface area (Å²) in [5.74, 6) is 0.0730. The Labute approximate surface area is 153 Å². The number of hydrogen-bond donors (Lipinski definition) is 0. The lowest BCUT2D eigenvalue weighted by Crippen LogP contribution is -2.42. The first-order valence-electron chi connectivity index (χ1n) is 7.82. The molecule has 1 fully saturated rings. The maximum atomic E-state index is 12.5. The van der Waals surface area contributed by atoms with Crippen molar-refractivity contribution in [1.29, 1.82) is 0 Å². The van der Waals surface area contributed by atoms with Gasteiger partial charge >= 0.3 is 5.97 Å². The fourth-order valence-corrected chi connectivity index (χ4v) is 4.20. The third-order valence-corrected chi connectivity index (χ3v) is 5.26. The van der Waals surface area contributed by atoms with Gasteiger partial charge in [0.25, 0.3) is 5.69 Å². The van der Waals surface area contributed by atoms with Crippen LogP contribution in [0, 0.1) is 10.1 Å². The summed E-state index contributed by atoms with van der Waals surface area (Å²) in [6, 6.07) is 8.75. The highest BCUT2D eigenvalue weighted by Gasteiger charge is 2.43. The molecule has 0 unspecified atom stereocenters. The number of para-hydroxylation sites is 1. The smallest absolute Gasteiger partial charge is 0.330 e. The van der Waals surface area contributed by atoms with Gasteiger partial charge < -0.3 is 14.1 Å². The number of benzene rings is 1. The van der Waals surface area contributed by atoms with Gasteiger partial charge in [0, 0.05) is 18.7 Å². The number of amides is 1. The van der Waals surface area contributed by atoms with Crippen molar-refractivity contribution in [3.63, 3.8) is 0 Å².